The molecule has 1 heterocycles. The largest absolute Gasteiger partial charge is 0.481 e. The first kappa shape index (κ1) is 11.2. The molecule has 1 rings (SSSR count). The highest BCUT2D eigenvalue weighted by molar-refractivity contribution is 8.24. The molecule has 76 valence electrons. The fourth-order valence-electron chi connectivity index (χ4n) is 1.08. The lowest BCUT2D eigenvalue weighted by Crippen LogP contribution is -2.32. The van der Waals surface area contributed by atoms with Crippen LogP contribution in [0.15, 0.2) is 12.7 Å². The van der Waals surface area contributed by atoms with Crippen molar-refractivity contribution in [3.05, 3.63) is 12.7 Å². The maximum atomic E-state index is 11.5. The fraction of sp³-hybridized carbons (Fsp3) is 0.375. The number of aliphatic carboxylic acids is 1. The summed E-state index contributed by atoms with van der Waals surface area (Å²) >= 11 is 6.07. The second-order valence-electron chi connectivity index (χ2n) is 2.71. The Kier molecular flexibility index (Phi) is 3.65. The second kappa shape index (κ2) is 4.56. The number of hydrogen-bond donors (Lipinski definition) is 1. The zero-order chi connectivity index (χ0) is 10.7. The molecule has 1 aliphatic heterocycles. The third-order valence-electron chi connectivity index (χ3n) is 1.68. The van der Waals surface area contributed by atoms with Crippen LogP contribution in [0.4, 0.5) is 0 Å². The van der Waals surface area contributed by atoms with Crippen LogP contribution in [0.1, 0.15) is 6.42 Å². The average Bonchev–Trinajstić information content (AvgIpc) is 2.32. The van der Waals surface area contributed by atoms with Crippen molar-refractivity contribution in [2.75, 3.05) is 6.54 Å². The van der Waals surface area contributed by atoms with Crippen molar-refractivity contribution >= 4 is 40.2 Å². The summed E-state index contributed by atoms with van der Waals surface area (Å²) in [6.45, 7) is 3.85. The Bertz CT molecular complexity index is 303. The highest BCUT2D eigenvalue weighted by Gasteiger charge is 2.37. The molecule has 1 aliphatic rings. The summed E-state index contributed by atoms with van der Waals surface area (Å²) in [6.07, 6.45) is 1.38. The topological polar surface area (TPSA) is 57.6 Å². The first-order valence-corrected chi connectivity index (χ1v) is 5.19. The lowest BCUT2D eigenvalue weighted by Gasteiger charge is -2.11. The summed E-state index contributed by atoms with van der Waals surface area (Å²) in [6, 6.07) is 0. The monoisotopic (exact) mass is 231 g/mol. The van der Waals surface area contributed by atoms with E-state index in [2.05, 4.69) is 6.58 Å². The molecule has 0 aromatic rings. The number of nitrogens with zero attached hydrogens (tertiary/aromatic N) is 1. The molecular formula is C8H9NO3S2. The molecule has 14 heavy (non-hydrogen) atoms. The minimum atomic E-state index is -0.987. The number of carboxylic acids is 1. The van der Waals surface area contributed by atoms with Crippen LogP contribution in [0.3, 0.4) is 0 Å². The normalized spacial score (nSPS) is 21.4. The summed E-state index contributed by atoms with van der Waals surface area (Å²) in [5.74, 6) is -1.22. The molecule has 0 saturated carbocycles. The van der Waals surface area contributed by atoms with Gasteiger partial charge in [0.25, 0.3) is 0 Å². The van der Waals surface area contributed by atoms with Gasteiger partial charge >= 0.3 is 5.97 Å². The van der Waals surface area contributed by atoms with E-state index in [4.69, 9.17) is 17.3 Å². The van der Waals surface area contributed by atoms with Gasteiger partial charge < -0.3 is 5.11 Å². The molecule has 1 amide bonds. The Labute approximate surface area is 91.0 Å². The van der Waals surface area contributed by atoms with Gasteiger partial charge in [0.15, 0.2) is 0 Å². The molecule has 0 unspecified atom stereocenters. The van der Waals surface area contributed by atoms with E-state index in [0.29, 0.717) is 10.9 Å². The molecule has 1 atom stereocenters. The molecule has 0 radical (unpaired) electrons. The molecule has 1 saturated heterocycles. The number of rotatable bonds is 4. The number of carbonyl (C=O) groups is 2. The van der Waals surface area contributed by atoms with Gasteiger partial charge in [-0.3, -0.25) is 14.5 Å². The van der Waals surface area contributed by atoms with E-state index in [1.54, 1.807) is 6.08 Å². The van der Waals surface area contributed by atoms with Gasteiger partial charge in [0.1, 0.15) is 9.57 Å². The van der Waals surface area contributed by atoms with E-state index in [-0.39, 0.29) is 12.3 Å². The zero-order valence-corrected chi connectivity index (χ0v) is 8.94. The first-order valence-electron chi connectivity index (χ1n) is 3.91. The van der Waals surface area contributed by atoms with Gasteiger partial charge in [0.2, 0.25) is 5.91 Å². The van der Waals surface area contributed by atoms with Crippen molar-refractivity contribution in [3.8, 4) is 0 Å². The predicted molar refractivity (Wildman–Crippen MR) is 58.1 cm³/mol. The maximum absolute atomic E-state index is 11.5. The Morgan fingerprint density at radius 1 is 1.79 bits per heavy atom. The molecular weight excluding hydrogens is 222 g/mol. The number of thioether (sulfide) groups is 1. The maximum Gasteiger partial charge on any atom is 0.305 e. The van der Waals surface area contributed by atoms with Crippen molar-refractivity contribution in [1.29, 1.82) is 0 Å². The molecule has 6 heteroatoms. The van der Waals surface area contributed by atoms with Gasteiger partial charge in [-0.15, -0.1) is 6.58 Å². The van der Waals surface area contributed by atoms with Crippen LogP contribution in [0.5, 0.6) is 0 Å². The molecule has 0 aromatic carbocycles. The third-order valence-corrected chi connectivity index (χ3v) is 3.26. The molecule has 0 aliphatic carbocycles. The number of amides is 1. The smallest absolute Gasteiger partial charge is 0.305 e. The molecule has 0 spiro atoms. The van der Waals surface area contributed by atoms with Crippen LogP contribution < -0.4 is 0 Å². The van der Waals surface area contributed by atoms with Crippen molar-refractivity contribution in [1.82, 2.24) is 4.90 Å². The van der Waals surface area contributed by atoms with Crippen LogP contribution in [0.2, 0.25) is 0 Å². The Hall–Kier alpha value is -0.880. The SMILES string of the molecule is C=CCN1C(=O)[C@H](CC(=O)O)SC1=S. The van der Waals surface area contributed by atoms with E-state index >= 15 is 0 Å². The molecule has 0 bridgehead atoms. The highest BCUT2D eigenvalue weighted by atomic mass is 32.2. The summed E-state index contributed by atoms with van der Waals surface area (Å²) < 4.78 is 0.432. The second-order valence-corrected chi connectivity index (χ2v) is 4.54. The van der Waals surface area contributed by atoms with Gasteiger partial charge in [-0.2, -0.15) is 0 Å². The van der Waals surface area contributed by atoms with Gasteiger partial charge in [-0.05, 0) is 0 Å². The summed E-state index contributed by atoms with van der Waals surface area (Å²) in [5, 5.41) is 7.98. The van der Waals surface area contributed by atoms with Gasteiger partial charge in [0.05, 0.1) is 6.42 Å². The van der Waals surface area contributed by atoms with Gasteiger partial charge in [-0.25, -0.2) is 0 Å². The van der Waals surface area contributed by atoms with Crippen molar-refractivity contribution in [2.24, 2.45) is 0 Å². The van der Waals surface area contributed by atoms with Crippen molar-refractivity contribution in [2.45, 2.75) is 11.7 Å². The van der Waals surface area contributed by atoms with E-state index in [9.17, 15) is 9.59 Å². The summed E-state index contributed by atoms with van der Waals surface area (Å²) in [7, 11) is 0. The van der Waals surface area contributed by atoms with E-state index in [1.165, 1.54) is 4.90 Å². The fourth-order valence-corrected chi connectivity index (χ4v) is 2.58. The number of hydrogen-bond acceptors (Lipinski definition) is 4. The third kappa shape index (κ3) is 2.33. The van der Waals surface area contributed by atoms with Crippen molar-refractivity contribution in [3.63, 3.8) is 0 Å². The Balaban J connectivity index is 2.68. The van der Waals surface area contributed by atoms with Gasteiger partial charge in [0, 0.05) is 6.54 Å². The van der Waals surface area contributed by atoms with Crippen LogP contribution in [0, 0.1) is 0 Å². The Morgan fingerprint density at radius 3 is 2.93 bits per heavy atom. The Morgan fingerprint density at radius 2 is 2.43 bits per heavy atom. The lowest BCUT2D eigenvalue weighted by molar-refractivity contribution is -0.139. The average molecular weight is 231 g/mol. The molecule has 0 aromatic heterocycles. The standard InChI is InChI=1S/C8H9NO3S2/c1-2-3-9-7(12)5(4-6(10)11)14-8(9)13/h2,5H,1,3-4H2,(H,10,11)/t5-/m0/s1. The lowest BCUT2D eigenvalue weighted by atomic mass is 10.3. The molecule has 1 fully saturated rings. The van der Waals surface area contributed by atoms with Crippen LogP contribution in [0.25, 0.3) is 0 Å². The number of carboxylic acid groups (broad SMARTS) is 1. The predicted octanol–water partition coefficient (Wildman–Crippen LogP) is 0.876. The van der Waals surface area contributed by atoms with E-state index in [0.717, 1.165) is 11.8 Å². The quantitative estimate of drug-likeness (QED) is 0.575. The van der Waals surface area contributed by atoms with E-state index in [1.807, 2.05) is 0 Å². The van der Waals surface area contributed by atoms with Gasteiger partial charge in [-0.1, -0.05) is 30.1 Å². The van der Waals surface area contributed by atoms with Crippen LogP contribution >= 0.6 is 24.0 Å². The first-order chi connectivity index (χ1) is 6.56. The minimum Gasteiger partial charge on any atom is -0.481 e. The highest BCUT2D eigenvalue weighted by Crippen LogP contribution is 2.29. The van der Waals surface area contributed by atoms with Crippen LogP contribution in [-0.2, 0) is 9.59 Å². The van der Waals surface area contributed by atoms with Crippen molar-refractivity contribution < 1.29 is 14.7 Å². The van der Waals surface area contributed by atoms with E-state index < -0.39 is 11.2 Å². The molecule has 1 N–H and O–H groups in total. The van der Waals surface area contributed by atoms with Crippen LogP contribution in [-0.4, -0.2) is 38.0 Å². The minimum absolute atomic E-state index is 0.183. The number of carbonyl (C=O) groups excluding carboxylic acids is 1. The zero-order valence-electron chi connectivity index (χ0n) is 7.30. The number of thiocarbonyl (C=S) groups is 1. The summed E-state index contributed by atoms with van der Waals surface area (Å²) in [5.41, 5.74) is 0. The summed E-state index contributed by atoms with van der Waals surface area (Å²) in [4.78, 5) is 23.3. The molecule has 4 nitrogen and oxygen atoms in total.